The van der Waals surface area contributed by atoms with E-state index in [4.69, 9.17) is 9.47 Å². The number of aryl methyl sites for hydroxylation is 1. The van der Waals surface area contributed by atoms with Crippen LogP contribution in [0.3, 0.4) is 0 Å². The molecule has 4 nitrogen and oxygen atoms in total. The van der Waals surface area contributed by atoms with Gasteiger partial charge in [-0.25, -0.2) is 0 Å². The van der Waals surface area contributed by atoms with Crippen molar-refractivity contribution in [3.05, 3.63) is 29.3 Å². The van der Waals surface area contributed by atoms with Gasteiger partial charge in [-0.1, -0.05) is 17.7 Å². The highest BCUT2D eigenvalue weighted by molar-refractivity contribution is 5.39. The molecule has 0 radical (unpaired) electrons. The predicted octanol–water partition coefficient (Wildman–Crippen LogP) is 2.37. The molecule has 1 aliphatic heterocycles. The number of likely N-dealkylation sites (N-methyl/N-ethyl adjacent to an activating group) is 1. The van der Waals surface area contributed by atoms with Crippen LogP contribution in [0, 0.1) is 6.92 Å². The van der Waals surface area contributed by atoms with Gasteiger partial charge in [0.2, 0.25) is 0 Å². The molecule has 1 heterocycles. The number of methoxy groups -OCH3 is 1. The average molecular weight is 292 g/mol. The summed E-state index contributed by atoms with van der Waals surface area (Å²) in [6, 6.07) is 6.62. The molecule has 4 heteroatoms. The second-order valence-corrected chi connectivity index (χ2v) is 6.43. The summed E-state index contributed by atoms with van der Waals surface area (Å²) in [4.78, 5) is 2.46. The zero-order chi connectivity index (χ0) is 15.5. The van der Waals surface area contributed by atoms with E-state index in [9.17, 15) is 0 Å². The molecule has 0 aromatic heterocycles. The Morgan fingerprint density at radius 2 is 2.19 bits per heavy atom. The van der Waals surface area contributed by atoms with Gasteiger partial charge in [0, 0.05) is 31.2 Å². The van der Waals surface area contributed by atoms with Gasteiger partial charge in [-0.05, 0) is 33.9 Å². The van der Waals surface area contributed by atoms with E-state index >= 15 is 0 Å². The molecule has 0 amide bonds. The van der Waals surface area contributed by atoms with E-state index in [1.54, 1.807) is 7.11 Å². The fraction of sp³-hybridized carbons (Fsp3) is 0.647. The number of benzene rings is 1. The molecule has 1 aromatic rings. The molecule has 0 spiro atoms. The number of morpholine rings is 1. The minimum Gasteiger partial charge on any atom is -0.496 e. The summed E-state index contributed by atoms with van der Waals surface area (Å²) in [5, 5.41) is 3.43. The van der Waals surface area contributed by atoms with E-state index in [1.807, 2.05) is 7.05 Å². The summed E-state index contributed by atoms with van der Waals surface area (Å²) >= 11 is 0. The monoisotopic (exact) mass is 292 g/mol. The SMILES string of the molecule is CNC(CN1CCOC(C)(C)C1)c1cc(C)ccc1OC. The first-order chi connectivity index (χ1) is 9.95. The maximum Gasteiger partial charge on any atom is 0.123 e. The molecular formula is C17H28N2O2. The molecular weight excluding hydrogens is 264 g/mol. The van der Waals surface area contributed by atoms with Crippen molar-refractivity contribution in [1.29, 1.82) is 0 Å². The van der Waals surface area contributed by atoms with Gasteiger partial charge in [-0.15, -0.1) is 0 Å². The summed E-state index contributed by atoms with van der Waals surface area (Å²) in [5.74, 6) is 0.951. The number of nitrogens with zero attached hydrogens (tertiary/aromatic N) is 1. The number of hydrogen-bond acceptors (Lipinski definition) is 4. The van der Waals surface area contributed by atoms with Crippen LogP contribution in [-0.2, 0) is 4.74 Å². The van der Waals surface area contributed by atoms with Gasteiger partial charge in [-0.3, -0.25) is 4.90 Å². The summed E-state index contributed by atoms with van der Waals surface area (Å²) in [6.07, 6.45) is 0. The maximum absolute atomic E-state index is 5.79. The average Bonchev–Trinajstić information content (AvgIpc) is 2.43. The predicted molar refractivity (Wildman–Crippen MR) is 86.0 cm³/mol. The zero-order valence-electron chi connectivity index (χ0n) is 13.9. The highest BCUT2D eigenvalue weighted by Gasteiger charge is 2.29. The lowest BCUT2D eigenvalue weighted by atomic mass is 10.0. The smallest absolute Gasteiger partial charge is 0.123 e. The summed E-state index contributed by atoms with van der Waals surface area (Å²) in [7, 11) is 3.75. The van der Waals surface area contributed by atoms with Crippen LogP contribution < -0.4 is 10.1 Å². The molecule has 118 valence electrons. The van der Waals surface area contributed by atoms with E-state index in [0.29, 0.717) is 0 Å². The third-order valence-corrected chi connectivity index (χ3v) is 4.05. The summed E-state index contributed by atoms with van der Waals surface area (Å²) in [6.45, 7) is 10.1. The van der Waals surface area contributed by atoms with Crippen LogP contribution in [0.2, 0.25) is 0 Å². The lowest BCUT2D eigenvalue weighted by Gasteiger charge is -2.39. The highest BCUT2D eigenvalue weighted by atomic mass is 16.5. The molecule has 21 heavy (non-hydrogen) atoms. The van der Waals surface area contributed by atoms with Crippen molar-refractivity contribution in [3.8, 4) is 5.75 Å². The summed E-state index contributed by atoms with van der Waals surface area (Å²) < 4.78 is 11.3. The van der Waals surface area contributed by atoms with Gasteiger partial charge in [0.15, 0.2) is 0 Å². The second-order valence-electron chi connectivity index (χ2n) is 6.43. The first kappa shape index (κ1) is 16.3. The molecule has 1 unspecified atom stereocenters. The Hall–Kier alpha value is -1.10. The Bertz CT molecular complexity index is 474. The Kier molecular flexibility index (Phi) is 5.25. The van der Waals surface area contributed by atoms with Crippen LogP contribution >= 0.6 is 0 Å². The van der Waals surface area contributed by atoms with E-state index in [0.717, 1.165) is 32.0 Å². The van der Waals surface area contributed by atoms with Crippen LogP contribution in [-0.4, -0.2) is 50.9 Å². The van der Waals surface area contributed by atoms with Crippen LogP contribution in [0.5, 0.6) is 5.75 Å². The van der Waals surface area contributed by atoms with Crippen molar-refractivity contribution in [2.45, 2.75) is 32.4 Å². The Morgan fingerprint density at radius 1 is 1.43 bits per heavy atom. The fourth-order valence-electron chi connectivity index (χ4n) is 3.00. The molecule has 1 aromatic carbocycles. The molecule has 1 saturated heterocycles. The zero-order valence-corrected chi connectivity index (χ0v) is 13.9. The van der Waals surface area contributed by atoms with E-state index in [1.165, 1.54) is 11.1 Å². The Labute approximate surface area is 128 Å². The number of ether oxygens (including phenoxy) is 2. The van der Waals surface area contributed by atoms with Crippen molar-refractivity contribution < 1.29 is 9.47 Å². The van der Waals surface area contributed by atoms with Crippen LogP contribution in [0.25, 0.3) is 0 Å². The first-order valence-electron chi connectivity index (χ1n) is 7.63. The van der Waals surface area contributed by atoms with Crippen molar-refractivity contribution >= 4 is 0 Å². The number of nitrogens with one attached hydrogen (secondary N) is 1. The first-order valence-corrected chi connectivity index (χ1v) is 7.63. The molecule has 1 aliphatic rings. The molecule has 1 fully saturated rings. The van der Waals surface area contributed by atoms with Gasteiger partial charge >= 0.3 is 0 Å². The van der Waals surface area contributed by atoms with Gasteiger partial charge < -0.3 is 14.8 Å². The summed E-state index contributed by atoms with van der Waals surface area (Å²) in [5.41, 5.74) is 2.42. The van der Waals surface area contributed by atoms with Gasteiger partial charge in [0.25, 0.3) is 0 Å². The normalized spacial score (nSPS) is 20.2. The lowest BCUT2D eigenvalue weighted by Crippen LogP contribution is -2.50. The van der Waals surface area contributed by atoms with Gasteiger partial charge in [0.05, 0.1) is 19.3 Å². The number of rotatable bonds is 5. The Morgan fingerprint density at radius 3 is 2.81 bits per heavy atom. The minimum absolute atomic E-state index is 0.0623. The number of hydrogen-bond donors (Lipinski definition) is 1. The van der Waals surface area contributed by atoms with Crippen molar-refractivity contribution in [1.82, 2.24) is 10.2 Å². The van der Waals surface area contributed by atoms with E-state index in [-0.39, 0.29) is 11.6 Å². The maximum atomic E-state index is 5.79. The quantitative estimate of drug-likeness (QED) is 0.903. The minimum atomic E-state index is -0.0623. The molecule has 1 atom stereocenters. The topological polar surface area (TPSA) is 33.7 Å². The lowest BCUT2D eigenvalue weighted by molar-refractivity contribution is -0.0875. The Balaban J connectivity index is 2.14. The van der Waals surface area contributed by atoms with E-state index < -0.39 is 0 Å². The molecule has 0 bridgehead atoms. The van der Waals surface area contributed by atoms with Crippen LogP contribution in [0.1, 0.15) is 31.0 Å². The third-order valence-electron chi connectivity index (χ3n) is 4.05. The van der Waals surface area contributed by atoms with Crippen molar-refractivity contribution in [3.63, 3.8) is 0 Å². The van der Waals surface area contributed by atoms with Crippen LogP contribution in [0.15, 0.2) is 18.2 Å². The highest BCUT2D eigenvalue weighted by Crippen LogP contribution is 2.28. The molecule has 0 aliphatic carbocycles. The molecule has 1 N–H and O–H groups in total. The molecule has 0 saturated carbocycles. The largest absolute Gasteiger partial charge is 0.496 e. The van der Waals surface area contributed by atoms with E-state index in [2.05, 4.69) is 49.2 Å². The molecule has 2 rings (SSSR count). The van der Waals surface area contributed by atoms with Gasteiger partial charge in [-0.2, -0.15) is 0 Å². The van der Waals surface area contributed by atoms with Crippen molar-refractivity contribution in [2.75, 3.05) is 40.4 Å². The van der Waals surface area contributed by atoms with Crippen LogP contribution in [0.4, 0.5) is 0 Å². The third kappa shape index (κ3) is 4.19. The second kappa shape index (κ2) is 6.77. The standard InChI is InChI=1S/C17H28N2O2/c1-13-6-7-16(20-5)14(10-13)15(18-4)11-19-8-9-21-17(2,3)12-19/h6-7,10,15,18H,8-9,11-12H2,1-5H3. The van der Waals surface area contributed by atoms with Crippen molar-refractivity contribution in [2.24, 2.45) is 0 Å². The van der Waals surface area contributed by atoms with Gasteiger partial charge in [0.1, 0.15) is 5.75 Å². The fourth-order valence-corrected chi connectivity index (χ4v) is 3.00.